The summed E-state index contributed by atoms with van der Waals surface area (Å²) < 4.78 is 5.36. The van der Waals surface area contributed by atoms with Crippen LogP contribution in [0, 0.1) is 12.8 Å². The van der Waals surface area contributed by atoms with Crippen LogP contribution in [0.5, 0.6) is 5.75 Å². The van der Waals surface area contributed by atoms with Gasteiger partial charge in [-0.2, -0.15) is 0 Å². The van der Waals surface area contributed by atoms with Crippen LogP contribution in [-0.4, -0.2) is 54.9 Å². The van der Waals surface area contributed by atoms with Gasteiger partial charge in [-0.3, -0.25) is 9.59 Å². The molecule has 0 N–H and O–H groups in total. The van der Waals surface area contributed by atoms with Gasteiger partial charge in [0.2, 0.25) is 11.8 Å². The molecule has 1 heterocycles. The molecule has 0 bridgehead atoms. The first-order chi connectivity index (χ1) is 11.6. The van der Waals surface area contributed by atoms with E-state index in [2.05, 4.69) is 0 Å². The van der Waals surface area contributed by atoms with Gasteiger partial charge in [0.1, 0.15) is 5.75 Å². The number of hydrogen-bond acceptors (Lipinski definition) is 3. The van der Waals surface area contributed by atoms with Gasteiger partial charge in [0, 0.05) is 37.7 Å². The zero-order valence-electron chi connectivity index (χ0n) is 14.6. The van der Waals surface area contributed by atoms with Crippen LogP contribution in [0.15, 0.2) is 18.2 Å². The number of ether oxygens (including phenoxy) is 1. The van der Waals surface area contributed by atoms with Crippen LogP contribution >= 0.6 is 0 Å². The largest absolute Gasteiger partial charge is 0.496 e. The summed E-state index contributed by atoms with van der Waals surface area (Å²) in [5.41, 5.74) is 2.05. The van der Waals surface area contributed by atoms with E-state index in [0.717, 1.165) is 29.7 Å². The van der Waals surface area contributed by atoms with Crippen molar-refractivity contribution in [1.29, 1.82) is 0 Å². The number of amides is 2. The van der Waals surface area contributed by atoms with Crippen molar-refractivity contribution >= 4 is 11.8 Å². The normalized spacial score (nSPS) is 18.2. The molecule has 1 saturated heterocycles. The van der Waals surface area contributed by atoms with E-state index >= 15 is 0 Å². The summed E-state index contributed by atoms with van der Waals surface area (Å²) in [6, 6.07) is 5.90. The summed E-state index contributed by atoms with van der Waals surface area (Å²) >= 11 is 0. The summed E-state index contributed by atoms with van der Waals surface area (Å²) in [5.74, 6) is 1.39. The molecule has 1 saturated carbocycles. The van der Waals surface area contributed by atoms with Crippen molar-refractivity contribution in [3.8, 4) is 5.75 Å². The molecule has 1 aromatic carbocycles. The van der Waals surface area contributed by atoms with Gasteiger partial charge >= 0.3 is 0 Å². The minimum Gasteiger partial charge on any atom is -0.496 e. The van der Waals surface area contributed by atoms with E-state index in [1.165, 1.54) is 6.42 Å². The number of benzene rings is 1. The van der Waals surface area contributed by atoms with Crippen LogP contribution < -0.4 is 4.74 Å². The lowest BCUT2D eigenvalue weighted by Crippen LogP contribution is -2.52. The van der Waals surface area contributed by atoms with E-state index in [-0.39, 0.29) is 17.7 Å². The molecular weight excluding hydrogens is 304 g/mol. The first kappa shape index (κ1) is 16.8. The average Bonchev–Trinajstić information content (AvgIpc) is 2.53. The molecule has 0 aromatic heterocycles. The molecular formula is C19H26N2O3. The third-order valence-electron chi connectivity index (χ3n) is 5.18. The maximum Gasteiger partial charge on any atom is 0.227 e. The van der Waals surface area contributed by atoms with E-state index < -0.39 is 0 Å². The third kappa shape index (κ3) is 3.55. The molecule has 2 amide bonds. The van der Waals surface area contributed by atoms with Crippen LogP contribution in [0.1, 0.15) is 30.4 Å². The molecule has 5 heteroatoms. The van der Waals surface area contributed by atoms with Crippen molar-refractivity contribution in [2.75, 3.05) is 33.3 Å². The first-order valence-electron chi connectivity index (χ1n) is 8.78. The summed E-state index contributed by atoms with van der Waals surface area (Å²) in [7, 11) is 1.63. The lowest BCUT2D eigenvalue weighted by Gasteiger charge is -2.38. The Hall–Kier alpha value is -2.04. The lowest BCUT2D eigenvalue weighted by molar-refractivity contribution is -0.143. The zero-order chi connectivity index (χ0) is 17.1. The third-order valence-corrected chi connectivity index (χ3v) is 5.18. The Balaban J connectivity index is 1.55. The standard InChI is InChI=1S/C19H26N2O3/c1-14-6-7-17(24-2)16(12-14)13-18(22)20-8-10-21(11-9-20)19(23)15-4-3-5-15/h6-7,12,15H,3-5,8-11,13H2,1-2H3. The molecule has 5 nitrogen and oxygen atoms in total. The Labute approximate surface area is 143 Å². The van der Waals surface area contributed by atoms with Crippen LogP contribution in [0.4, 0.5) is 0 Å². The summed E-state index contributed by atoms with van der Waals surface area (Å²) in [5, 5.41) is 0. The predicted molar refractivity (Wildman–Crippen MR) is 91.9 cm³/mol. The minimum absolute atomic E-state index is 0.106. The molecule has 24 heavy (non-hydrogen) atoms. The molecule has 0 radical (unpaired) electrons. The number of carbonyl (C=O) groups excluding carboxylic acids is 2. The highest BCUT2D eigenvalue weighted by molar-refractivity contribution is 5.81. The summed E-state index contributed by atoms with van der Waals surface area (Å²) in [6.07, 6.45) is 3.59. The van der Waals surface area contributed by atoms with Crippen molar-refractivity contribution in [3.05, 3.63) is 29.3 Å². The number of hydrogen-bond donors (Lipinski definition) is 0. The highest BCUT2D eigenvalue weighted by atomic mass is 16.5. The monoisotopic (exact) mass is 330 g/mol. The Kier molecular flexibility index (Phi) is 5.07. The van der Waals surface area contributed by atoms with E-state index in [1.807, 2.05) is 34.9 Å². The Morgan fingerprint density at radius 2 is 1.79 bits per heavy atom. The number of methoxy groups -OCH3 is 1. The number of nitrogens with zero attached hydrogens (tertiary/aromatic N) is 2. The van der Waals surface area contributed by atoms with Crippen LogP contribution in [0.3, 0.4) is 0 Å². The van der Waals surface area contributed by atoms with Gasteiger partial charge in [0.25, 0.3) is 0 Å². The van der Waals surface area contributed by atoms with Gasteiger partial charge in [-0.05, 0) is 25.8 Å². The van der Waals surface area contributed by atoms with Crippen LogP contribution in [-0.2, 0) is 16.0 Å². The smallest absolute Gasteiger partial charge is 0.227 e. The molecule has 1 aliphatic carbocycles. The molecule has 2 fully saturated rings. The molecule has 1 aromatic rings. The molecule has 3 rings (SSSR count). The van der Waals surface area contributed by atoms with Gasteiger partial charge in [-0.25, -0.2) is 0 Å². The fraction of sp³-hybridized carbons (Fsp3) is 0.579. The molecule has 1 aliphatic heterocycles. The number of carbonyl (C=O) groups is 2. The second-order valence-corrected chi connectivity index (χ2v) is 6.83. The van der Waals surface area contributed by atoms with Crippen molar-refractivity contribution in [1.82, 2.24) is 9.80 Å². The molecule has 0 unspecified atom stereocenters. The van der Waals surface area contributed by atoms with E-state index in [9.17, 15) is 9.59 Å². The Morgan fingerprint density at radius 3 is 2.38 bits per heavy atom. The Bertz CT molecular complexity index is 617. The van der Waals surface area contributed by atoms with E-state index in [0.29, 0.717) is 32.6 Å². The molecule has 0 atom stereocenters. The highest BCUT2D eigenvalue weighted by Gasteiger charge is 2.32. The quantitative estimate of drug-likeness (QED) is 0.849. The SMILES string of the molecule is COc1ccc(C)cc1CC(=O)N1CCN(C(=O)C2CCC2)CC1. The maximum atomic E-state index is 12.6. The average molecular weight is 330 g/mol. The van der Waals surface area contributed by atoms with Crippen molar-refractivity contribution < 1.29 is 14.3 Å². The van der Waals surface area contributed by atoms with Crippen molar-refractivity contribution in [2.24, 2.45) is 5.92 Å². The number of aryl methyl sites for hydroxylation is 1. The van der Waals surface area contributed by atoms with Gasteiger partial charge in [-0.15, -0.1) is 0 Å². The minimum atomic E-state index is 0.106. The first-order valence-corrected chi connectivity index (χ1v) is 8.78. The second-order valence-electron chi connectivity index (χ2n) is 6.83. The fourth-order valence-electron chi connectivity index (χ4n) is 3.41. The van der Waals surface area contributed by atoms with Gasteiger partial charge < -0.3 is 14.5 Å². The topological polar surface area (TPSA) is 49.9 Å². The number of rotatable bonds is 4. The van der Waals surface area contributed by atoms with Crippen molar-refractivity contribution in [2.45, 2.75) is 32.6 Å². The predicted octanol–water partition coefficient (Wildman–Crippen LogP) is 2.02. The number of piperazine rings is 1. The zero-order valence-corrected chi connectivity index (χ0v) is 14.6. The molecule has 0 spiro atoms. The van der Waals surface area contributed by atoms with Gasteiger partial charge in [-0.1, -0.05) is 24.1 Å². The second kappa shape index (κ2) is 7.24. The lowest BCUT2D eigenvalue weighted by atomic mass is 9.84. The molecule has 130 valence electrons. The summed E-state index contributed by atoms with van der Waals surface area (Å²) in [4.78, 5) is 28.7. The van der Waals surface area contributed by atoms with Gasteiger partial charge in [0.15, 0.2) is 0 Å². The Morgan fingerprint density at radius 1 is 1.12 bits per heavy atom. The van der Waals surface area contributed by atoms with Gasteiger partial charge in [0.05, 0.1) is 13.5 Å². The molecule has 2 aliphatic rings. The summed E-state index contributed by atoms with van der Waals surface area (Å²) in [6.45, 7) is 4.59. The fourth-order valence-corrected chi connectivity index (χ4v) is 3.41. The maximum absolute atomic E-state index is 12.6. The van der Waals surface area contributed by atoms with E-state index in [4.69, 9.17) is 4.74 Å². The highest BCUT2D eigenvalue weighted by Crippen LogP contribution is 2.28. The van der Waals surface area contributed by atoms with Crippen LogP contribution in [0.2, 0.25) is 0 Å². The van der Waals surface area contributed by atoms with E-state index in [1.54, 1.807) is 7.11 Å². The van der Waals surface area contributed by atoms with Crippen molar-refractivity contribution in [3.63, 3.8) is 0 Å². The van der Waals surface area contributed by atoms with Crippen LogP contribution in [0.25, 0.3) is 0 Å².